The van der Waals surface area contributed by atoms with Crippen molar-refractivity contribution in [2.24, 2.45) is 5.84 Å². The molecule has 1 aliphatic rings. The molecule has 0 bridgehead atoms. The fourth-order valence-corrected chi connectivity index (χ4v) is 2.68. The number of hydrazine groups is 1. The minimum atomic E-state index is 0.0603. The van der Waals surface area contributed by atoms with Crippen molar-refractivity contribution in [2.45, 2.75) is 18.4 Å². The number of para-hydroxylation sites is 1. The van der Waals surface area contributed by atoms with E-state index in [1.807, 2.05) is 24.3 Å². The highest BCUT2D eigenvalue weighted by molar-refractivity contribution is 5.46. The number of hydrogen-bond acceptors (Lipinski definition) is 5. The number of hydrogen-bond donors (Lipinski definition) is 3. The quantitative estimate of drug-likeness (QED) is 0.574. The van der Waals surface area contributed by atoms with Crippen molar-refractivity contribution < 1.29 is 4.74 Å². The number of nitrogens with one attached hydrogen (secondary N) is 1. The Hall–Kier alpha value is -2.11. The van der Waals surface area contributed by atoms with Gasteiger partial charge in [-0.25, -0.2) is 0 Å². The monoisotopic (exact) mass is 270 g/mol. The van der Waals surface area contributed by atoms with Gasteiger partial charge in [0.2, 0.25) is 0 Å². The molecule has 104 valence electrons. The summed E-state index contributed by atoms with van der Waals surface area (Å²) in [5.74, 6) is 6.90. The maximum atomic E-state index is 5.98. The number of benzene rings is 1. The maximum Gasteiger partial charge on any atom is 0.122 e. The van der Waals surface area contributed by atoms with E-state index in [1.54, 1.807) is 12.4 Å². The summed E-state index contributed by atoms with van der Waals surface area (Å²) in [6, 6.07) is 9.94. The molecule has 5 N–H and O–H groups in total. The van der Waals surface area contributed by atoms with Crippen molar-refractivity contribution >= 4 is 5.69 Å². The first-order chi connectivity index (χ1) is 9.79. The molecule has 0 saturated heterocycles. The van der Waals surface area contributed by atoms with Crippen molar-refractivity contribution in [3.05, 3.63) is 53.9 Å². The molecule has 5 nitrogen and oxygen atoms in total. The average molecular weight is 270 g/mol. The third-order valence-electron chi connectivity index (χ3n) is 3.82. The van der Waals surface area contributed by atoms with Crippen molar-refractivity contribution in [1.29, 1.82) is 0 Å². The minimum absolute atomic E-state index is 0.0603. The second-order valence-electron chi connectivity index (χ2n) is 5.01. The molecule has 1 aromatic heterocycles. The number of aromatic nitrogens is 1. The zero-order valence-corrected chi connectivity index (χ0v) is 11.1. The van der Waals surface area contributed by atoms with Gasteiger partial charge in [-0.1, -0.05) is 18.2 Å². The van der Waals surface area contributed by atoms with Gasteiger partial charge in [0.05, 0.1) is 6.61 Å². The SMILES string of the molecule is NNC(Cc1cnccc1N)C1COc2ccccc21. The van der Waals surface area contributed by atoms with Crippen LogP contribution < -0.4 is 21.7 Å². The highest BCUT2D eigenvalue weighted by Gasteiger charge is 2.31. The van der Waals surface area contributed by atoms with E-state index in [2.05, 4.69) is 16.5 Å². The van der Waals surface area contributed by atoms with Crippen LogP contribution >= 0.6 is 0 Å². The summed E-state index contributed by atoms with van der Waals surface area (Å²) < 4.78 is 5.72. The molecule has 0 aliphatic carbocycles. The molecule has 20 heavy (non-hydrogen) atoms. The molecule has 0 amide bonds. The Kier molecular flexibility index (Phi) is 3.54. The summed E-state index contributed by atoms with van der Waals surface area (Å²) in [5, 5.41) is 0. The lowest BCUT2D eigenvalue weighted by Gasteiger charge is -2.22. The standard InChI is InChI=1S/C15H18N4O/c16-13-5-6-18-8-10(13)7-14(19-17)12-9-20-15-4-2-1-3-11(12)15/h1-6,8,12,14,19H,7,9,17H2,(H2,16,18). The largest absolute Gasteiger partial charge is 0.493 e. The van der Waals surface area contributed by atoms with Gasteiger partial charge < -0.3 is 10.5 Å². The van der Waals surface area contributed by atoms with E-state index in [0.717, 1.165) is 23.4 Å². The number of rotatable bonds is 4. The Morgan fingerprint density at radius 2 is 2.20 bits per heavy atom. The van der Waals surface area contributed by atoms with Gasteiger partial charge in [0.15, 0.2) is 0 Å². The van der Waals surface area contributed by atoms with Crippen LogP contribution in [-0.2, 0) is 6.42 Å². The minimum Gasteiger partial charge on any atom is -0.493 e. The van der Waals surface area contributed by atoms with E-state index in [1.165, 1.54) is 5.56 Å². The van der Waals surface area contributed by atoms with Crippen molar-refractivity contribution in [2.75, 3.05) is 12.3 Å². The van der Waals surface area contributed by atoms with E-state index in [9.17, 15) is 0 Å². The summed E-state index contributed by atoms with van der Waals surface area (Å²) >= 11 is 0. The van der Waals surface area contributed by atoms with Gasteiger partial charge in [-0.3, -0.25) is 16.3 Å². The Balaban J connectivity index is 1.83. The molecule has 0 fully saturated rings. The Morgan fingerprint density at radius 3 is 3.00 bits per heavy atom. The molecule has 0 radical (unpaired) electrons. The van der Waals surface area contributed by atoms with Crippen LogP contribution in [0.2, 0.25) is 0 Å². The number of nitrogens with zero attached hydrogens (tertiary/aromatic N) is 1. The van der Waals surface area contributed by atoms with Gasteiger partial charge in [0.25, 0.3) is 0 Å². The van der Waals surface area contributed by atoms with Crippen LogP contribution in [-0.4, -0.2) is 17.6 Å². The molecule has 2 heterocycles. The summed E-state index contributed by atoms with van der Waals surface area (Å²) in [6.45, 7) is 0.633. The molecule has 2 aromatic rings. The van der Waals surface area contributed by atoms with Gasteiger partial charge in [-0.2, -0.15) is 0 Å². The first-order valence-electron chi connectivity index (χ1n) is 6.66. The van der Waals surface area contributed by atoms with Crippen LogP contribution in [0.3, 0.4) is 0 Å². The summed E-state index contributed by atoms with van der Waals surface area (Å²) in [4.78, 5) is 4.12. The van der Waals surface area contributed by atoms with E-state index in [-0.39, 0.29) is 12.0 Å². The summed E-state index contributed by atoms with van der Waals surface area (Å²) in [5.41, 5.74) is 11.8. The fourth-order valence-electron chi connectivity index (χ4n) is 2.68. The number of pyridine rings is 1. The molecule has 0 saturated carbocycles. The van der Waals surface area contributed by atoms with Crippen molar-refractivity contribution in [3.63, 3.8) is 0 Å². The second kappa shape index (κ2) is 5.48. The fraction of sp³-hybridized carbons (Fsp3) is 0.267. The lowest BCUT2D eigenvalue weighted by molar-refractivity contribution is 0.297. The summed E-state index contributed by atoms with van der Waals surface area (Å²) in [6.07, 6.45) is 4.21. The molecule has 1 aliphatic heterocycles. The van der Waals surface area contributed by atoms with Crippen LogP contribution in [0.1, 0.15) is 17.0 Å². The van der Waals surface area contributed by atoms with Crippen LogP contribution in [0.25, 0.3) is 0 Å². The first-order valence-corrected chi connectivity index (χ1v) is 6.66. The lowest BCUT2D eigenvalue weighted by atomic mass is 9.89. The molecular weight excluding hydrogens is 252 g/mol. The normalized spacial score (nSPS) is 18.4. The van der Waals surface area contributed by atoms with Crippen molar-refractivity contribution in [1.82, 2.24) is 10.4 Å². The van der Waals surface area contributed by atoms with E-state index in [4.69, 9.17) is 16.3 Å². The van der Waals surface area contributed by atoms with Gasteiger partial charge in [0.1, 0.15) is 5.75 Å². The number of nitrogen functional groups attached to an aromatic ring is 1. The lowest BCUT2D eigenvalue weighted by Crippen LogP contribution is -2.42. The van der Waals surface area contributed by atoms with Crippen molar-refractivity contribution in [3.8, 4) is 5.75 Å². The van der Waals surface area contributed by atoms with Crippen LogP contribution in [0, 0.1) is 0 Å². The molecule has 1 aromatic carbocycles. The predicted molar refractivity (Wildman–Crippen MR) is 78.1 cm³/mol. The maximum absolute atomic E-state index is 5.98. The van der Waals surface area contributed by atoms with E-state index < -0.39 is 0 Å². The summed E-state index contributed by atoms with van der Waals surface area (Å²) in [7, 11) is 0. The Labute approximate surface area is 117 Å². The van der Waals surface area contributed by atoms with Crippen LogP contribution in [0.4, 0.5) is 5.69 Å². The topological polar surface area (TPSA) is 86.2 Å². The third kappa shape index (κ3) is 2.33. The van der Waals surface area contributed by atoms with Gasteiger partial charge in [-0.15, -0.1) is 0 Å². The first kappa shape index (κ1) is 12.9. The highest BCUT2D eigenvalue weighted by atomic mass is 16.5. The second-order valence-corrected chi connectivity index (χ2v) is 5.01. The van der Waals surface area contributed by atoms with Crippen LogP contribution in [0.15, 0.2) is 42.7 Å². The number of nitrogens with two attached hydrogens (primary N) is 2. The van der Waals surface area contributed by atoms with E-state index >= 15 is 0 Å². The zero-order chi connectivity index (χ0) is 13.9. The molecule has 2 atom stereocenters. The number of anilines is 1. The Bertz CT molecular complexity index is 602. The van der Waals surface area contributed by atoms with Gasteiger partial charge in [-0.05, 0) is 24.1 Å². The molecule has 0 spiro atoms. The third-order valence-corrected chi connectivity index (χ3v) is 3.82. The molecular formula is C15H18N4O. The van der Waals surface area contributed by atoms with Crippen LogP contribution in [0.5, 0.6) is 5.75 Å². The molecule has 3 rings (SSSR count). The highest BCUT2D eigenvalue weighted by Crippen LogP contribution is 2.36. The van der Waals surface area contributed by atoms with Gasteiger partial charge in [0, 0.05) is 35.6 Å². The number of ether oxygens (including phenoxy) is 1. The molecule has 5 heteroatoms. The Morgan fingerprint density at radius 1 is 1.35 bits per heavy atom. The van der Waals surface area contributed by atoms with Gasteiger partial charge >= 0.3 is 0 Å². The van der Waals surface area contributed by atoms with E-state index in [0.29, 0.717) is 6.61 Å². The zero-order valence-electron chi connectivity index (χ0n) is 11.1. The number of fused-ring (bicyclic) bond motifs is 1. The molecule has 2 unspecified atom stereocenters. The average Bonchev–Trinajstić information content (AvgIpc) is 2.90. The smallest absolute Gasteiger partial charge is 0.122 e. The predicted octanol–water partition coefficient (Wildman–Crippen LogP) is 1.21.